The zero-order chi connectivity index (χ0) is 16.2. The van der Waals surface area contributed by atoms with E-state index in [9.17, 15) is 22.8 Å². The van der Waals surface area contributed by atoms with Gasteiger partial charge in [-0.05, 0) is 5.92 Å². The summed E-state index contributed by atoms with van der Waals surface area (Å²) in [6.07, 6.45) is -4.69. The molecule has 0 saturated carbocycles. The Morgan fingerprint density at radius 2 is 2.05 bits per heavy atom. The van der Waals surface area contributed by atoms with Gasteiger partial charge in [0, 0.05) is 5.75 Å². The molecule has 0 aliphatic carbocycles. The van der Waals surface area contributed by atoms with E-state index >= 15 is 0 Å². The summed E-state index contributed by atoms with van der Waals surface area (Å²) < 4.78 is 40.1. The van der Waals surface area contributed by atoms with Gasteiger partial charge in [-0.1, -0.05) is 13.8 Å². The Labute approximate surface area is 124 Å². The van der Waals surface area contributed by atoms with Gasteiger partial charge < -0.3 is 14.7 Å². The Morgan fingerprint density at radius 3 is 2.52 bits per heavy atom. The lowest BCUT2D eigenvalue weighted by molar-refractivity contribution is -0.175. The third-order valence-corrected chi connectivity index (χ3v) is 4.53. The van der Waals surface area contributed by atoms with Crippen LogP contribution in [-0.4, -0.2) is 58.4 Å². The van der Waals surface area contributed by atoms with Crippen molar-refractivity contribution in [1.82, 2.24) is 4.90 Å². The molecule has 0 bridgehead atoms. The van der Waals surface area contributed by atoms with Gasteiger partial charge in [-0.2, -0.15) is 13.2 Å². The van der Waals surface area contributed by atoms with E-state index in [1.54, 1.807) is 0 Å². The highest BCUT2D eigenvalue weighted by Gasteiger charge is 2.42. The summed E-state index contributed by atoms with van der Waals surface area (Å²) in [4.78, 5) is 24.5. The van der Waals surface area contributed by atoms with E-state index in [-0.39, 0.29) is 30.1 Å². The first-order valence-corrected chi connectivity index (χ1v) is 7.48. The van der Waals surface area contributed by atoms with Crippen LogP contribution in [0.2, 0.25) is 0 Å². The lowest BCUT2D eigenvalue weighted by atomic mass is 10.1. The average molecular weight is 329 g/mol. The maximum absolute atomic E-state index is 12.1. The van der Waals surface area contributed by atoms with E-state index in [2.05, 4.69) is 4.74 Å². The van der Waals surface area contributed by atoms with Crippen LogP contribution >= 0.6 is 11.8 Å². The van der Waals surface area contributed by atoms with Crippen LogP contribution in [0.4, 0.5) is 13.2 Å². The van der Waals surface area contributed by atoms with Crippen LogP contribution in [0.15, 0.2) is 0 Å². The Hall–Kier alpha value is -0.960. The Bertz CT molecular complexity index is 389. The maximum atomic E-state index is 12.1. The molecule has 0 aromatic heterocycles. The third-order valence-electron chi connectivity index (χ3n) is 2.90. The molecule has 0 aromatic carbocycles. The summed E-state index contributed by atoms with van der Waals surface area (Å²) in [5, 5.41) is 8.85. The topological polar surface area (TPSA) is 66.8 Å². The molecule has 122 valence electrons. The number of hydrogen-bond donors (Lipinski definition) is 1. The van der Waals surface area contributed by atoms with Gasteiger partial charge in [0.05, 0.1) is 18.4 Å². The molecule has 9 heteroatoms. The number of thioether (sulfide) groups is 1. The Balaban J connectivity index is 2.57. The van der Waals surface area contributed by atoms with Gasteiger partial charge >= 0.3 is 12.1 Å². The first-order valence-electron chi connectivity index (χ1n) is 6.43. The van der Waals surface area contributed by atoms with E-state index < -0.39 is 30.7 Å². The van der Waals surface area contributed by atoms with Crippen LogP contribution in [0, 0.1) is 5.92 Å². The van der Waals surface area contributed by atoms with Crippen LogP contribution < -0.4 is 0 Å². The number of rotatable bonds is 6. The molecule has 1 heterocycles. The summed E-state index contributed by atoms with van der Waals surface area (Å²) in [5.41, 5.74) is 0. The molecule has 5 nitrogen and oxygen atoms in total. The van der Waals surface area contributed by atoms with Crippen molar-refractivity contribution in [3.8, 4) is 0 Å². The molecule has 2 unspecified atom stereocenters. The van der Waals surface area contributed by atoms with Crippen molar-refractivity contribution in [2.24, 2.45) is 5.92 Å². The number of halogens is 3. The lowest BCUT2D eigenvalue weighted by Crippen LogP contribution is -2.47. The molecule has 1 N–H and O–H groups in total. The van der Waals surface area contributed by atoms with Gasteiger partial charge in [-0.3, -0.25) is 4.79 Å². The molecule has 0 aromatic rings. The minimum absolute atomic E-state index is 0.0550. The van der Waals surface area contributed by atoms with Crippen molar-refractivity contribution in [2.45, 2.75) is 37.9 Å². The highest BCUT2D eigenvalue weighted by atomic mass is 32.2. The Morgan fingerprint density at radius 1 is 1.43 bits per heavy atom. The smallest absolute Gasteiger partial charge is 0.411 e. The van der Waals surface area contributed by atoms with Crippen molar-refractivity contribution in [1.29, 1.82) is 0 Å². The molecule has 0 spiro atoms. The fourth-order valence-corrected chi connectivity index (χ4v) is 3.52. The molecule has 1 amide bonds. The van der Waals surface area contributed by atoms with Crippen molar-refractivity contribution in [3.63, 3.8) is 0 Å². The number of carbonyl (C=O) groups is 2. The molecular formula is C12H18F3NO4S. The molecule has 21 heavy (non-hydrogen) atoms. The second-order valence-corrected chi connectivity index (χ2v) is 6.19. The van der Waals surface area contributed by atoms with Gasteiger partial charge in [-0.25, -0.2) is 4.79 Å². The normalized spacial score (nSPS) is 22.9. The largest absolute Gasteiger partial charge is 0.480 e. The fraction of sp³-hybridized carbons (Fsp3) is 0.833. The van der Waals surface area contributed by atoms with Crippen LogP contribution in [0.1, 0.15) is 20.3 Å². The highest BCUT2D eigenvalue weighted by Crippen LogP contribution is 2.34. The number of carbonyl (C=O) groups excluding carboxylic acids is 1. The summed E-state index contributed by atoms with van der Waals surface area (Å²) >= 11 is 1.37. The third kappa shape index (κ3) is 5.39. The molecule has 1 rings (SSSR count). The number of aliphatic carboxylic acids is 1. The molecule has 1 aliphatic heterocycles. The number of hydrogen-bond acceptors (Lipinski definition) is 4. The molecule has 2 atom stereocenters. The number of amides is 1. The number of carboxylic acids is 1. The second kappa shape index (κ2) is 7.35. The molecule has 1 aliphatic rings. The second-order valence-electron chi connectivity index (χ2n) is 5.04. The molecule has 0 radical (unpaired) electrons. The number of carboxylic acid groups (broad SMARTS) is 1. The Kier molecular flexibility index (Phi) is 6.33. The lowest BCUT2D eigenvalue weighted by Gasteiger charge is -2.29. The van der Waals surface area contributed by atoms with E-state index in [4.69, 9.17) is 5.11 Å². The summed E-state index contributed by atoms with van der Waals surface area (Å²) in [7, 11) is 0. The highest BCUT2D eigenvalue weighted by molar-refractivity contribution is 8.00. The van der Waals surface area contributed by atoms with Crippen molar-refractivity contribution >= 4 is 23.6 Å². The minimum atomic E-state index is -4.43. The minimum Gasteiger partial charge on any atom is -0.480 e. The SMILES string of the molecule is CC(C)C1SCC(C(=O)O)N1C(=O)CCOCC(F)(F)F. The van der Waals surface area contributed by atoms with Gasteiger partial charge in [-0.15, -0.1) is 11.8 Å². The van der Waals surface area contributed by atoms with Crippen LogP contribution in [0.3, 0.4) is 0 Å². The van der Waals surface area contributed by atoms with Crippen LogP contribution in [0.5, 0.6) is 0 Å². The first kappa shape index (κ1) is 18.1. The van der Waals surface area contributed by atoms with Gasteiger partial charge in [0.2, 0.25) is 5.91 Å². The first-order chi connectivity index (χ1) is 9.63. The van der Waals surface area contributed by atoms with Crippen molar-refractivity contribution < 1.29 is 32.6 Å². The molecule has 1 fully saturated rings. The van der Waals surface area contributed by atoms with Crippen molar-refractivity contribution in [3.05, 3.63) is 0 Å². The predicted molar refractivity (Wildman–Crippen MR) is 70.8 cm³/mol. The van der Waals surface area contributed by atoms with E-state index in [1.807, 2.05) is 13.8 Å². The van der Waals surface area contributed by atoms with E-state index in [0.29, 0.717) is 0 Å². The standard InChI is InChI=1S/C12H18F3NO4S/c1-7(2)10-16(8(5-21-10)11(18)19)9(17)3-4-20-6-12(13,14)15/h7-8,10H,3-6H2,1-2H3,(H,18,19). The molecule has 1 saturated heterocycles. The van der Waals surface area contributed by atoms with E-state index in [1.165, 1.54) is 16.7 Å². The van der Waals surface area contributed by atoms with Crippen molar-refractivity contribution in [2.75, 3.05) is 19.0 Å². The monoisotopic (exact) mass is 329 g/mol. The van der Waals surface area contributed by atoms with Crippen LogP contribution in [-0.2, 0) is 14.3 Å². The quantitative estimate of drug-likeness (QED) is 0.755. The number of nitrogens with zero attached hydrogens (tertiary/aromatic N) is 1. The van der Waals surface area contributed by atoms with Gasteiger partial charge in [0.1, 0.15) is 12.6 Å². The average Bonchev–Trinajstić information content (AvgIpc) is 2.78. The number of ether oxygens (including phenoxy) is 1. The summed E-state index contributed by atoms with van der Waals surface area (Å²) in [5.74, 6) is -1.25. The zero-order valence-electron chi connectivity index (χ0n) is 11.7. The molecular weight excluding hydrogens is 311 g/mol. The predicted octanol–water partition coefficient (Wildman–Crippen LogP) is 1.97. The summed E-state index contributed by atoms with van der Waals surface area (Å²) in [6.45, 7) is 1.94. The fourth-order valence-electron chi connectivity index (χ4n) is 2.02. The van der Waals surface area contributed by atoms with Crippen LogP contribution in [0.25, 0.3) is 0 Å². The van der Waals surface area contributed by atoms with Gasteiger partial charge in [0.25, 0.3) is 0 Å². The maximum Gasteiger partial charge on any atom is 0.411 e. The number of alkyl halides is 3. The van der Waals surface area contributed by atoms with Gasteiger partial charge in [0.15, 0.2) is 0 Å². The zero-order valence-corrected chi connectivity index (χ0v) is 12.5. The van der Waals surface area contributed by atoms with E-state index in [0.717, 1.165) is 0 Å². The summed E-state index contributed by atoms with van der Waals surface area (Å²) in [6, 6.07) is -0.933.